The first-order valence-corrected chi connectivity index (χ1v) is 9.09. The first kappa shape index (κ1) is 19.5. The molecule has 28 heavy (non-hydrogen) atoms. The molecule has 0 aliphatic carbocycles. The van der Waals surface area contributed by atoms with E-state index in [2.05, 4.69) is 10.6 Å². The summed E-state index contributed by atoms with van der Waals surface area (Å²) in [7, 11) is 0. The Morgan fingerprint density at radius 3 is 2.14 bits per heavy atom. The van der Waals surface area contributed by atoms with Crippen molar-refractivity contribution in [3.05, 3.63) is 95.5 Å². The van der Waals surface area contributed by atoms with E-state index in [1.165, 1.54) is 0 Å². The lowest BCUT2D eigenvalue weighted by Gasteiger charge is -2.19. The van der Waals surface area contributed by atoms with Crippen molar-refractivity contribution in [2.24, 2.45) is 0 Å². The van der Waals surface area contributed by atoms with Crippen LogP contribution in [0.15, 0.2) is 84.9 Å². The van der Waals surface area contributed by atoms with Crippen molar-refractivity contribution in [1.29, 1.82) is 0 Å². The molecule has 1 unspecified atom stereocenters. The van der Waals surface area contributed by atoms with E-state index in [-0.39, 0.29) is 12.5 Å². The second kappa shape index (κ2) is 9.58. The normalized spacial score (nSPS) is 11.3. The Morgan fingerprint density at radius 2 is 1.46 bits per heavy atom. The number of carbonyl (C=O) groups is 2. The number of halogens is 1. The summed E-state index contributed by atoms with van der Waals surface area (Å²) in [6.45, 7) is -0.258. The maximum absolute atomic E-state index is 12.8. The minimum Gasteiger partial charge on any atom is -0.482 e. The number of amides is 2. The third-order valence-electron chi connectivity index (χ3n) is 3.94. The molecule has 3 rings (SSSR count). The third-order valence-corrected chi connectivity index (χ3v) is 4.25. The van der Waals surface area contributed by atoms with Gasteiger partial charge in [0.15, 0.2) is 6.61 Å². The van der Waals surface area contributed by atoms with Crippen LogP contribution in [-0.2, 0) is 9.59 Å². The zero-order chi connectivity index (χ0) is 19.8. The third kappa shape index (κ3) is 5.34. The van der Waals surface area contributed by atoms with Crippen molar-refractivity contribution in [3.63, 3.8) is 0 Å². The van der Waals surface area contributed by atoms with Crippen LogP contribution in [0.2, 0.25) is 5.02 Å². The van der Waals surface area contributed by atoms with Gasteiger partial charge >= 0.3 is 0 Å². The Labute approximate surface area is 168 Å². The number of ether oxygens (including phenoxy) is 1. The molecule has 0 aromatic heterocycles. The van der Waals surface area contributed by atoms with Gasteiger partial charge in [-0.15, -0.1) is 0 Å². The summed E-state index contributed by atoms with van der Waals surface area (Å²) in [5.41, 5.74) is 1.32. The summed E-state index contributed by atoms with van der Waals surface area (Å²) in [4.78, 5) is 25.2. The lowest BCUT2D eigenvalue weighted by molar-refractivity contribution is -0.128. The summed E-state index contributed by atoms with van der Waals surface area (Å²) in [5.74, 6) is -0.371. The van der Waals surface area contributed by atoms with Crippen LogP contribution < -0.4 is 15.4 Å². The molecule has 0 saturated heterocycles. The fourth-order valence-corrected chi connectivity index (χ4v) is 2.78. The lowest BCUT2D eigenvalue weighted by Crippen LogP contribution is -2.39. The van der Waals surface area contributed by atoms with Crippen LogP contribution in [0.1, 0.15) is 11.6 Å². The second-order valence-electron chi connectivity index (χ2n) is 5.99. The summed E-state index contributed by atoms with van der Waals surface area (Å²) in [6.07, 6.45) is 0. The maximum Gasteiger partial charge on any atom is 0.258 e. The zero-order valence-electron chi connectivity index (χ0n) is 15.0. The highest BCUT2D eigenvalue weighted by Crippen LogP contribution is 2.23. The number of nitrogens with one attached hydrogen (secondary N) is 2. The highest BCUT2D eigenvalue weighted by molar-refractivity contribution is 6.32. The molecule has 0 bridgehead atoms. The topological polar surface area (TPSA) is 67.4 Å². The molecule has 0 aliphatic rings. The van der Waals surface area contributed by atoms with Gasteiger partial charge in [-0.2, -0.15) is 0 Å². The van der Waals surface area contributed by atoms with Gasteiger partial charge in [-0.1, -0.05) is 72.3 Å². The molecule has 3 aromatic carbocycles. The van der Waals surface area contributed by atoms with Crippen LogP contribution in [0.5, 0.6) is 5.75 Å². The number of benzene rings is 3. The van der Waals surface area contributed by atoms with Gasteiger partial charge in [-0.3, -0.25) is 9.59 Å². The fraction of sp³-hybridized carbons (Fsp3) is 0.0909. The number of para-hydroxylation sites is 2. The van der Waals surface area contributed by atoms with Gasteiger partial charge in [0.25, 0.3) is 11.8 Å². The van der Waals surface area contributed by atoms with Crippen molar-refractivity contribution >= 4 is 29.1 Å². The Kier molecular flexibility index (Phi) is 6.65. The van der Waals surface area contributed by atoms with E-state index in [0.717, 1.165) is 0 Å². The van der Waals surface area contributed by atoms with E-state index in [1.54, 1.807) is 48.5 Å². The Morgan fingerprint density at radius 1 is 0.857 bits per heavy atom. The standard InChI is InChI=1S/C22H19ClN2O3/c23-18-13-7-8-14-19(18)28-15-20(26)25-21(16-9-3-1-4-10-16)22(27)24-17-11-5-2-6-12-17/h1-14,21H,15H2,(H,24,27)(H,25,26). The van der Waals surface area contributed by atoms with E-state index in [9.17, 15) is 9.59 Å². The van der Waals surface area contributed by atoms with Gasteiger partial charge in [0.1, 0.15) is 11.8 Å². The first-order valence-electron chi connectivity index (χ1n) is 8.71. The minimum atomic E-state index is -0.858. The van der Waals surface area contributed by atoms with Crippen LogP contribution in [-0.4, -0.2) is 18.4 Å². The van der Waals surface area contributed by atoms with Crippen LogP contribution in [0, 0.1) is 0 Å². The quantitative estimate of drug-likeness (QED) is 0.630. The molecule has 0 heterocycles. The Hall–Kier alpha value is -3.31. The van der Waals surface area contributed by atoms with E-state index in [4.69, 9.17) is 16.3 Å². The molecule has 0 spiro atoms. The molecule has 0 saturated carbocycles. The molecule has 1 atom stereocenters. The summed E-state index contributed by atoms with van der Waals surface area (Å²) in [5, 5.41) is 5.95. The molecule has 0 aliphatic heterocycles. The van der Waals surface area contributed by atoms with Crippen LogP contribution in [0.3, 0.4) is 0 Å². The van der Waals surface area contributed by atoms with E-state index in [0.29, 0.717) is 22.0 Å². The number of carbonyl (C=O) groups excluding carboxylic acids is 2. The van der Waals surface area contributed by atoms with E-state index >= 15 is 0 Å². The van der Waals surface area contributed by atoms with E-state index in [1.807, 2.05) is 36.4 Å². The van der Waals surface area contributed by atoms with Gasteiger partial charge < -0.3 is 15.4 Å². The summed E-state index contributed by atoms with van der Waals surface area (Å²) >= 11 is 6.03. The largest absolute Gasteiger partial charge is 0.482 e. The summed E-state index contributed by atoms with van der Waals surface area (Å²) < 4.78 is 5.46. The van der Waals surface area contributed by atoms with Gasteiger partial charge in [-0.25, -0.2) is 0 Å². The van der Waals surface area contributed by atoms with Crippen molar-refractivity contribution in [2.45, 2.75) is 6.04 Å². The van der Waals surface area contributed by atoms with Crippen LogP contribution >= 0.6 is 11.6 Å². The van der Waals surface area contributed by atoms with Gasteiger partial charge in [0.05, 0.1) is 5.02 Å². The molecule has 142 valence electrons. The summed E-state index contributed by atoms with van der Waals surface area (Å²) in [6, 6.07) is 24.1. The maximum atomic E-state index is 12.8. The van der Waals surface area contributed by atoms with Crippen molar-refractivity contribution in [1.82, 2.24) is 5.32 Å². The molecule has 0 radical (unpaired) electrons. The molecule has 2 N–H and O–H groups in total. The predicted molar refractivity (Wildman–Crippen MR) is 109 cm³/mol. The van der Waals surface area contributed by atoms with Crippen molar-refractivity contribution in [2.75, 3.05) is 11.9 Å². The van der Waals surface area contributed by atoms with Crippen molar-refractivity contribution in [3.8, 4) is 5.75 Å². The zero-order valence-corrected chi connectivity index (χ0v) is 15.7. The van der Waals surface area contributed by atoms with Gasteiger partial charge in [0.2, 0.25) is 0 Å². The Bertz CT molecular complexity index is 933. The van der Waals surface area contributed by atoms with Crippen LogP contribution in [0.4, 0.5) is 5.69 Å². The smallest absolute Gasteiger partial charge is 0.258 e. The highest BCUT2D eigenvalue weighted by atomic mass is 35.5. The number of hydrogen-bond donors (Lipinski definition) is 2. The Balaban J connectivity index is 1.69. The molecule has 3 aromatic rings. The minimum absolute atomic E-state index is 0.258. The second-order valence-corrected chi connectivity index (χ2v) is 6.39. The van der Waals surface area contributed by atoms with Crippen molar-refractivity contribution < 1.29 is 14.3 Å². The molecule has 5 nitrogen and oxygen atoms in total. The fourth-order valence-electron chi connectivity index (χ4n) is 2.59. The number of rotatable bonds is 7. The lowest BCUT2D eigenvalue weighted by atomic mass is 10.1. The monoisotopic (exact) mass is 394 g/mol. The first-order chi connectivity index (χ1) is 13.6. The average molecular weight is 395 g/mol. The number of hydrogen-bond acceptors (Lipinski definition) is 3. The van der Waals surface area contributed by atoms with E-state index < -0.39 is 11.9 Å². The molecular weight excluding hydrogens is 376 g/mol. The molecule has 6 heteroatoms. The van der Waals surface area contributed by atoms with Gasteiger partial charge in [0, 0.05) is 5.69 Å². The SMILES string of the molecule is O=C(COc1ccccc1Cl)NC(C(=O)Nc1ccccc1)c1ccccc1. The van der Waals surface area contributed by atoms with Gasteiger partial charge in [-0.05, 0) is 29.8 Å². The molecular formula is C22H19ClN2O3. The highest BCUT2D eigenvalue weighted by Gasteiger charge is 2.23. The average Bonchev–Trinajstić information content (AvgIpc) is 2.72. The van der Waals surface area contributed by atoms with Crippen LogP contribution in [0.25, 0.3) is 0 Å². The molecule has 2 amide bonds. The molecule has 0 fully saturated rings. The number of anilines is 1. The predicted octanol–water partition coefficient (Wildman–Crippen LogP) is 4.22.